The average Bonchev–Trinajstić information content (AvgIpc) is 3.20. The zero-order chi connectivity index (χ0) is 20.1. The van der Waals surface area contributed by atoms with Crippen molar-refractivity contribution in [2.75, 3.05) is 0 Å². The predicted molar refractivity (Wildman–Crippen MR) is 130 cm³/mol. The molecule has 2 aliphatic rings. The summed E-state index contributed by atoms with van der Waals surface area (Å²) in [5.74, 6) is 0. The normalized spacial score (nSPS) is 18.2. The van der Waals surface area contributed by atoms with Crippen molar-refractivity contribution < 1.29 is 0 Å². The van der Waals surface area contributed by atoms with Gasteiger partial charge in [0.15, 0.2) is 0 Å². The number of benzene rings is 2. The molecule has 0 spiro atoms. The van der Waals surface area contributed by atoms with E-state index in [0.29, 0.717) is 10.3 Å². The molecule has 2 heteroatoms. The van der Waals surface area contributed by atoms with Gasteiger partial charge >= 0.3 is 0 Å². The monoisotopic (exact) mass is 406 g/mol. The van der Waals surface area contributed by atoms with Crippen LogP contribution in [0.15, 0.2) is 59.2 Å². The average molecular weight is 406 g/mol. The molecule has 0 radical (unpaired) electrons. The SMILES string of the molecule is CC(C)(C)[P@](C1=Cc2ccccc2C1)[P@](C1=Cc2ccccc2C1)C(C)(C)C. The van der Waals surface area contributed by atoms with Crippen LogP contribution >= 0.6 is 15.2 Å². The maximum atomic E-state index is 2.54. The summed E-state index contributed by atoms with van der Waals surface area (Å²) in [5, 5.41) is 4.03. The summed E-state index contributed by atoms with van der Waals surface area (Å²) in [5.41, 5.74) is 5.92. The molecule has 146 valence electrons. The van der Waals surface area contributed by atoms with E-state index in [9.17, 15) is 0 Å². The lowest BCUT2D eigenvalue weighted by atomic mass is 10.1. The fourth-order valence-electron chi connectivity index (χ4n) is 4.51. The van der Waals surface area contributed by atoms with E-state index in [4.69, 9.17) is 0 Å². The smallest absolute Gasteiger partial charge is 0.00115 e. The van der Waals surface area contributed by atoms with E-state index in [1.807, 2.05) is 0 Å². The molecule has 0 saturated heterocycles. The molecule has 0 aromatic heterocycles. The summed E-state index contributed by atoms with van der Waals surface area (Å²) >= 11 is 0. The molecular formula is C26H32P2. The van der Waals surface area contributed by atoms with Crippen molar-refractivity contribution in [2.45, 2.75) is 64.7 Å². The summed E-state index contributed by atoms with van der Waals surface area (Å²) in [4.78, 5) is 0. The molecule has 28 heavy (non-hydrogen) atoms. The summed E-state index contributed by atoms with van der Waals surface area (Å²) in [6.07, 6.45) is 7.37. The Balaban J connectivity index is 1.78. The van der Waals surface area contributed by atoms with Crippen molar-refractivity contribution in [3.05, 3.63) is 81.4 Å². The molecule has 0 unspecified atom stereocenters. The highest BCUT2D eigenvalue weighted by Crippen LogP contribution is 2.87. The van der Waals surface area contributed by atoms with Gasteiger partial charge in [-0.1, -0.05) is 102 Å². The number of fused-ring (bicyclic) bond motifs is 2. The Morgan fingerprint density at radius 3 is 1.25 bits per heavy atom. The molecule has 0 N–H and O–H groups in total. The first-order chi connectivity index (χ1) is 13.1. The molecule has 2 aliphatic carbocycles. The number of allylic oxidation sites excluding steroid dienone is 2. The minimum atomic E-state index is -0.257. The molecule has 4 rings (SSSR count). The lowest BCUT2D eigenvalue weighted by molar-refractivity contribution is 0.777. The Kier molecular flexibility index (Phi) is 5.18. The van der Waals surface area contributed by atoms with E-state index < -0.39 is 0 Å². The molecule has 2 aromatic carbocycles. The number of hydrogen-bond donors (Lipinski definition) is 0. The van der Waals surface area contributed by atoms with Gasteiger partial charge in [-0.2, -0.15) is 0 Å². The highest BCUT2D eigenvalue weighted by Gasteiger charge is 2.43. The molecule has 0 aliphatic heterocycles. The van der Waals surface area contributed by atoms with Gasteiger partial charge in [-0.25, -0.2) is 0 Å². The Bertz CT molecular complexity index is 871. The van der Waals surface area contributed by atoms with Crippen LogP contribution < -0.4 is 0 Å². The molecule has 0 heterocycles. The van der Waals surface area contributed by atoms with Crippen LogP contribution in [0, 0.1) is 0 Å². The second kappa shape index (κ2) is 7.23. The van der Waals surface area contributed by atoms with Crippen molar-refractivity contribution >= 4 is 27.4 Å². The second-order valence-corrected chi connectivity index (χ2v) is 17.5. The standard InChI is InChI=1S/C26H32P2/c1-25(2,3)27(23-15-19-11-7-8-12-20(19)16-23)28(26(4,5)6)24-17-21-13-9-10-14-22(21)18-24/h7-15,17H,16,18H2,1-6H3/t27-,28+. The van der Waals surface area contributed by atoms with Crippen LogP contribution in [0.2, 0.25) is 0 Å². The molecular weight excluding hydrogens is 374 g/mol. The summed E-state index contributed by atoms with van der Waals surface area (Å²) < 4.78 is 0. The van der Waals surface area contributed by atoms with E-state index in [1.54, 1.807) is 10.6 Å². The third-order valence-electron chi connectivity index (χ3n) is 5.51. The van der Waals surface area contributed by atoms with Gasteiger partial charge in [0.05, 0.1) is 0 Å². The Labute approximate surface area is 173 Å². The first-order valence-corrected chi connectivity index (χ1v) is 13.7. The van der Waals surface area contributed by atoms with Crippen molar-refractivity contribution in [3.63, 3.8) is 0 Å². The fraction of sp³-hybridized carbons (Fsp3) is 0.385. The van der Waals surface area contributed by atoms with Gasteiger partial charge in [-0.05, 0) is 71.3 Å². The van der Waals surface area contributed by atoms with Crippen LogP contribution in [-0.4, -0.2) is 10.3 Å². The van der Waals surface area contributed by atoms with Crippen molar-refractivity contribution in [2.24, 2.45) is 0 Å². The van der Waals surface area contributed by atoms with E-state index in [0.717, 1.165) is 12.8 Å². The van der Waals surface area contributed by atoms with Gasteiger partial charge in [-0.15, -0.1) is 0 Å². The van der Waals surface area contributed by atoms with Crippen molar-refractivity contribution in [1.29, 1.82) is 0 Å². The van der Waals surface area contributed by atoms with Crippen LogP contribution in [-0.2, 0) is 12.8 Å². The second-order valence-electron chi connectivity index (χ2n) is 9.99. The fourth-order valence-corrected chi connectivity index (χ4v) is 15.0. The molecule has 0 amide bonds. The van der Waals surface area contributed by atoms with Crippen LogP contribution in [0.5, 0.6) is 0 Å². The molecule has 0 fully saturated rings. The van der Waals surface area contributed by atoms with Gasteiger partial charge in [0, 0.05) is 0 Å². The van der Waals surface area contributed by atoms with Crippen LogP contribution in [0.1, 0.15) is 63.8 Å². The van der Waals surface area contributed by atoms with Crippen LogP contribution in [0.3, 0.4) is 0 Å². The first kappa shape index (κ1) is 20.1. The Morgan fingerprint density at radius 2 is 0.929 bits per heavy atom. The van der Waals surface area contributed by atoms with Crippen LogP contribution in [0.4, 0.5) is 0 Å². The van der Waals surface area contributed by atoms with Gasteiger partial charge in [-0.3, -0.25) is 0 Å². The highest BCUT2D eigenvalue weighted by molar-refractivity contribution is 8.34. The lowest BCUT2D eigenvalue weighted by Crippen LogP contribution is -2.20. The van der Waals surface area contributed by atoms with E-state index in [1.165, 1.54) is 22.3 Å². The number of hydrogen-bond acceptors (Lipinski definition) is 0. The largest absolute Gasteiger partial charge is 0.0619 e. The third-order valence-corrected chi connectivity index (χ3v) is 16.5. The highest BCUT2D eigenvalue weighted by atomic mass is 32.1. The Morgan fingerprint density at radius 1 is 0.571 bits per heavy atom. The van der Waals surface area contributed by atoms with Gasteiger partial charge < -0.3 is 0 Å². The predicted octanol–water partition coefficient (Wildman–Crippen LogP) is 8.66. The summed E-state index contributed by atoms with van der Waals surface area (Å²) in [6, 6.07) is 18.0. The van der Waals surface area contributed by atoms with Crippen molar-refractivity contribution in [1.82, 2.24) is 0 Å². The number of rotatable bonds is 3. The topological polar surface area (TPSA) is 0 Å². The summed E-state index contributed by atoms with van der Waals surface area (Å²) in [6.45, 7) is 14.9. The zero-order valence-corrected chi connectivity index (χ0v) is 19.9. The van der Waals surface area contributed by atoms with Gasteiger partial charge in [0.25, 0.3) is 0 Å². The minimum Gasteiger partial charge on any atom is -0.0619 e. The molecule has 0 bridgehead atoms. The quantitative estimate of drug-likeness (QED) is 0.447. The Hall–Kier alpha value is -1.22. The maximum Gasteiger partial charge on any atom is -0.00115 e. The third kappa shape index (κ3) is 3.79. The van der Waals surface area contributed by atoms with E-state index in [2.05, 4.69) is 102 Å². The molecule has 0 nitrogen and oxygen atoms in total. The van der Waals surface area contributed by atoms with Gasteiger partial charge in [0.1, 0.15) is 0 Å². The molecule has 0 saturated carbocycles. The minimum absolute atomic E-state index is 0.257. The molecule has 2 atom stereocenters. The van der Waals surface area contributed by atoms with Gasteiger partial charge in [0.2, 0.25) is 0 Å². The first-order valence-electron chi connectivity index (χ1n) is 10.3. The van der Waals surface area contributed by atoms with E-state index >= 15 is 0 Å². The lowest BCUT2D eigenvalue weighted by Gasteiger charge is -2.46. The zero-order valence-electron chi connectivity index (χ0n) is 18.1. The van der Waals surface area contributed by atoms with E-state index in [-0.39, 0.29) is 15.2 Å². The maximum absolute atomic E-state index is 2.54. The van der Waals surface area contributed by atoms with Crippen molar-refractivity contribution in [3.8, 4) is 0 Å². The molecule has 2 aromatic rings. The van der Waals surface area contributed by atoms with Crippen LogP contribution in [0.25, 0.3) is 12.2 Å². The summed E-state index contributed by atoms with van der Waals surface area (Å²) in [7, 11) is -0.513.